The predicted molar refractivity (Wildman–Crippen MR) is 70.0 cm³/mol. The summed E-state index contributed by atoms with van der Waals surface area (Å²) in [5.41, 5.74) is 0.884. The van der Waals surface area contributed by atoms with E-state index in [-0.39, 0.29) is 0 Å². The van der Waals surface area contributed by atoms with E-state index in [1.54, 1.807) is 30.3 Å². The molecule has 0 unspecified atom stereocenters. The third-order valence-electron chi connectivity index (χ3n) is 2.64. The van der Waals surface area contributed by atoms with E-state index in [4.69, 9.17) is 21.1 Å². The van der Waals surface area contributed by atoms with Gasteiger partial charge in [-0.05, 0) is 18.2 Å². The Labute approximate surface area is 110 Å². The number of hydrogen-bond donors (Lipinski definition) is 0. The van der Waals surface area contributed by atoms with Crippen molar-refractivity contribution in [1.82, 2.24) is 0 Å². The van der Waals surface area contributed by atoms with Crippen molar-refractivity contribution in [2.24, 2.45) is 0 Å². The number of benzene rings is 2. The van der Waals surface area contributed by atoms with E-state index in [2.05, 4.69) is 0 Å². The van der Waals surface area contributed by atoms with Gasteiger partial charge in [-0.2, -0.15) is 0 Å². The molecule has 2 rings (SSSR count). The zero-order valence-electron chi connectivity index (χ0n) is 10.0. The van der Waals surface area contributed by atoms with Gasteiger partial charge in [0.2, 0.25) is 0 Å². The first-order chi connectivity index (χ1) is 8.69. The molecule has 94 valence electrons. The number of hydrogen-bond acceptors (Lipinski definition) is 2. The minimum atomic E-state index is -0.394. The average molecular weight is 267 g/mol. The highest BCUT2D eigenvalue weighted by atomic mass is 35.5. The second kappa shape index (κ2) is 5.27. The van der Waals surface area contributed by atoms with Crippen LogP contribution in [-0.4, -0.2) is 14.2 Å². The smallest absolute Gasteiger partial charge is 0.168 e. The van der Waals surface area contributed by atoms with Gasteiger partial charge in [-0.15, -0.1) is 0 Å². The highest BCUT2D eigenvalue weighted by molar-refractivity contribution is 6.33. The quantitative estimate of drug-likeness (QED) is 0.830. The summed E-state index contributed by atoms with van der Waals surface area (Å²) < 4.78 is 24.4. The van der Waals surface area contributed by atoms with Crippen LogP contribution in [0.5, 0.6) is 11.5 Å². The van der Waals surface area contributed by atoms with Gasteiger partial charge in [-0.1, -0.05) is 29.8 Å². The molecule has 0 bridgehead atoms. The molecule has 0 atom stereocenters. The highest BCUT2D eigenvalue weighted by Crippen LogP contribution is 2.41. The fourth-order valence-corrected chi connectivity index (χ4v) is 2.10. The molecule has 0 saturated carbocycles. The molecule has 0 aliphatic rings. The summed E-state index contributed by atoms with van der Waals surface area (Å²) in [6, 6.07) is 9.81. The predicted octanol–water partition coefficient (Wildman–Crippen LogP) is 4.16. The van der Waals surface area contributed by atoms with E-state index in [0.717, 1.165) is 0 Å². The molecule has 0 aliphatic heterocycles. The van der Waals surface area contributed by atoms with Gasteiger partial charge in [0.15, 0.2) is 11.5 Å². The molecule has 0 saturated heterocycles. The van der Waals surface area contributed by atoms with Crippen LogP contribution in [0.25, 0.3) is 11.1 Å². The Kier molecular flexibility index (Phi) is 3.72. The Morgan fingerprint density at radius 3 is 2.33 bits per heavy atom. The lowest BCUT2D eigenvalue weighted by atomic mass is 10.0. The van der Waals surface area contributed by atoms with Gasteiger partial charge >= 0.3 is 0 Å². The maximum absolute atomic E-state index is 13.9. The van der Waals surface area contributed by atoms with E-state index in [9.17, 15) is 4.39 Å². The van der Waals surface area contributed by atoms with Crippen LogP contribution in [0.1, 0.15) is 0 Å². The standard InChI is InChI=1S/C14H12ClFO2/c1-17-12-8-3-5-9(14(12)18-2)13-10(15)6-4-7-11(13)16/h3-8H,1-2H3. The average Bonchev–Trinajstić information content (AvgIpc) is 2.38. The molecule has 18 heavy (non-hydrogen) atoms. The Bertz CT molecular complexity index is 549. The van der Waals surface area contributed by atoms with Crippen molar-refractivity contribution >= 4 is 11.6 Å². The van der Waals surface area contributed by atoms with E-state index >= 15 is 0 Å². The molecule has 2 aromatic rings. The molecule has 0 spiro atoms. The maximum atomic E-state index is 13.9. The van der Waals surface area contributed by atoms with E-state index in [0.29, 0.717) is 27.6 Å². The van der Waals surface area contributed by atoms with Crippen LogP contribution < -0.4 is 9.47 Å². The lowest BCUT2D eigenvalue weighted by molar-refractivity contribution is 0.356. The number of ether oxygens (including phenoxy) is 2. The lowest BCUT2D eigenvalue weighted by Crippen LogP contribution is -1.95. The summed E-state index contributed by atoms with van der Waals surface area (Å²) in [6.07, 6.45) is 0. The number of methoxy groups -OCH3 is 2. The molecular formula is C14H12ClFO2. The zero-order valence-corrected chi connectivity index (χ0v) is 10.8. The van der Waals surface area contributed by atoms with Gasteiger partial charge in [0.05, 0.1) is 19.2 Å². The van der Waals surface area contributed by atoms with Crippen molar-refractivity contribution in [1.29, 1.82) is 0 Å². The Balaban J connectivity index is 2.71. The maximum Gasteiger partial charge on any atom is 0.168 e. The van der Waals surface area contributed by atoms with Crippen molar-refractivity contribution in [3.63, 3.8) is 0 Å². The third kappa shape index (κ3) is 2.14. The molecule has 0 aromatic heterocycles. The van der Waals surface area contributed by atoms with Crippen LogP contribution in [0.2, 0.25) is 5.02 Å². The van der Waals surface area contributed by atoms with Crippen molar-refractivity contribution in [3.05, 3.63) is 47.2 Å². The zero-order chi connectivity index (χ0) is 13.1. The fraction of sp³-hybridized carbons (Fsp3) is 0.143. The Morgan fingerprint density at radius 2 is 1.72 bits per heavy atom. The molecule has 0 radical (unpaired) electrons. The fourth-order valence-electron chi connectivity index (χ4n) is 1.84. The Hall–Kier alpha value is -1.74. The minimum Gasteiger partial charge on any atom is -0.493 e. The van der Waals surface area contributed by atoms with Gasteiger partial charge in [-0.3, -0.25) is 0 Å². The van der Waals surface area contributed by atoms with E-state index in [1.165, 1.54) is 20.3 Å². The van der Waals surface area contributed by atoms with Gasteiger partial charge in [-0.25, -0.2) is 4.39 Å². The summed E-state index contributed by atoms with van der Waals surface area (Å²) in [7, 11) is 3.04. The van der Waals surface area contributed by atoms with Crippen LogP contribution in [0.3, 0.4) is 0 Å². The molecule has 0 fully saturated rings. The molecular weight excluding hydrogens is 255 g/mol. The molecule has 0 N–H and O–H groups in total. The monoisotopic (exact) mass is 266 g/mol. The minimum absolute atomic E-state index is 0.315. The van der Waals surface area contributed by atoms with Gasteiger partial charge in [0, 0.05) is 11.1 Å². The SMILES string of the molecule is COc1cccc(-c2c(F)cccc2Cl)c1OC. The third-order valence-corrected chi connectivity index (χ3v) is 2.95. The van der Waals surface area contributed by atoms with Crippen molar-refractivity contribution in [2.45, 2.75) is 0 Å². The van der Waals surface area contributed by atoms with Crippen molar-refractivity contribution in [3.8, 4) is 22.6 Å². The topological polar surface area (TPSA) is 18.5 Å². The number of rotatable bonds is 3. The molecule has 2 nitrogen and oxygen atoms in total. The van der Waals surface area contributed by atoms with E-state index in [1.807, 2.05) is 0 Å². The molecule has 0 amide bonds. The van der Waals surface area contributed by atoms with Crippen LogP contribution in [0.15, 0.2) is 36.4 Å². The largest absolute Gasteiger partial charge is 0.493 e. The number of halogens is 2. The van der Waals surface area contributed by atoms with Gasteiger partial charge < -0.3 is 9.47 Å². The lowest BCUT2D eigenvalue weighted by Gasteiger charge is -2.14. The summed E-state index contributed by atoms with van der Waals surface area (Å²) in [5, 5.41) is 0.335. The van der Waals surface area contributed by atoms with Crippen LogP contribution >= 0.6 is 11.6 Å². The molecule has 2 aromatic carbocycles. The van der Waals surface area contributed by atoms with Crippen molar-refractivity contribution < 1.29 is 13.9 Å². The summed E-state index contributed by atoms with van der Waals surface area (Å²) >= 11 is 6.05. The van der Waals surface area contributed by atoms with Crippen molar-refractivity contribution in [2.75, 3.05) is 14.2 Å². The first-order valence-electron chi connectivity index (χ1n) is 5.34. The summed E-state index contributed by atoms with van der Waals surface area (Å²) in [5.74, 6) is 0.607. The normalized spacial score (nSPS) is 10.2. The van der Waals surface area contributed by atoms with Crippen LogP contribution in [0, 0.1) is 5.82 Å². The Morgan fingerprint density at radius 1 is 1.00 bits per heavy atom. The first-order valence-corrected chi connectivity index (χ1v) is 5.72. The summed E-state index contributed by atoms with van der Waals surface area (Å²) in [4.78, 5) is 0. The molecule has 0 heterocycles. The summed E-state index contributed by atoms with van der Waals surface area (Å²) in [6.45, 7) is 0. The van der Waals surface area contributed by atoms with Crippen LogP contribution in [0.4, 0.5) is 4.39 Å². The van der Waals surface area contributed by atoms with Gasteiger partial charge in [0.25, 0.3) is 0 Å². The number of para-hydroxylation sites is 1. The molecule has 4 heteroatoms. The first kappa shape index (κ1) is 12.7. The van der Waals surface area contributed by atoms with Crippen LogP contribution in [-0.2, 0) is 0 Å². The van der Waals surface area contributed by atoms with Gasteiger partial charge in [0.1, 0.15) is 5.82 Å². The van der Waals surface area contributed by atoms with E-state index < -0.39 is 5.82 Å². The highest BCUT2D eigenvalue weighted by Gasteiger charge is 2.17. The second-order valence-electron chi connectivity index (χ2n) is 3.64. The second-order valence-corrected chi connectivity index (χ2v) is 4.04. The molecule has 0 aliphatic carbocycles.